The van der Waals surface area contributed by atoms with E-state index in [2.05, 4.69) is 36.5 Å². The number of carboxylic acid groups (broad SMARTS) is 1. The Bertz CT molecular complexity index is 979. The van der Waals surface area contributed by atoms with Crippen molar-refractivity contribution in [2.24, 2.45) is 5.92 Å². The zero-order valence-electron chi connectivity index (χ0n) is 20.4. The molecule has 8 nitrogen and oxygen atoms in total. The van der Waals surface area contributed by atoms with E-state index >= 15 is 0 Å². The number of carboxylic acids is 1. The van der Waals surface area contributed by atoms with E-state index in [9.17, 15) is 14.4 Å². The molecular weight excluding hydrogens is 448 g/mol. The molecule has 0 spiro atoms. The van der Waals surface area contributed by atoms with E-state index in [0.717, 1.165) is 24.3 Å². The average Bonchev–Trinajstić information content (AvgIpc) is 3.18. The molecule has 1 aliphatic carbocycles. The van der Waals surface area contributed by atoms with E-state index in [1.165, 1.54) is 29.3 Å². The molecule has 2 aromatic rings. The first kappa shape index (κ1) is 26.2. The van der Waals surface area contributed by atoms with Gasteiger partial charge >= 0.3 is 12.1 Å². The number of aliphatic carboxylic acids is 1. The first-order chi connectivity index (χ1) is 16.9. The van der Waals surface area contributed by atoms with Crippen LogP contribution in [0, 0.1) is 5.92 Å². The summed E-state index contributed by atoms with van der Waals surface area (Å²) in [7, 11) is 1.42. The van der Waals surface area contributed by atoms with Gasteiger partial charge in [-0.3, -0.25) is 9.63 Å². The number of rotatable bonds is 13. The summed E-state index contributed by atoms with van der Waals surface area (Å²) in [5, 5.41) is 12.5. The molecule has 0 aliphatic heterocycles. The molecule has 0 saturated carbocycles. The second-order valence-corrected chi connectivity index (χ2v) is 8.79. The van der Waals surface area contributed by atoms with Crippen LogP contribution in [-0.4, -0.2) is 54.9 Å². The Hall–Kier alpha value is -3.39. The van der Waals surface area contributed by atoms with Gasteiger partial charge in [-0.05, 0) is 41.0 Å². The van der Waals surface area contributed by atoms with Crippen molar-refractivity contribution in [1.29, 1.82) is 0 Å². The number of amides is 2. The molecule has 1 aliphatic rings. The van der Waals surface area contributed by atoms with Crippen LogP contribution in [0.15, 0.2) is 48.5 Å². The number of alkyl carbamates (subject to hydrolysis) is 1. The van der Waals surface area contributed by atoms with Crippen molar-refractivity contribution in [3.05, 3.63) is 59.7 Å². The Kier molecular flexibility index (Phi) is 9.66. The molecule has 2 aromatic carbocycles. The van der Waals surface area contributed by atoms with E-state index in [-0.39, 0.29) is 30.8 Å². The minimum Gasteiger partial charge on any atom is -0.479 e. The van der Waals surface area contributed by atoms with Gasteiger partial charge in [0.05, 0.1) is 0 Å². The second-order valence-electron chi connectivity index (χ2n) is 8.79. The van der Waals surface area contributed by atoms with Gasteiger partial charge in [-0.25, -0.2) is 14.7 Å². The first-order valence-electron chi connectivity index (χ1n) is 12.1. The first-order valence-corrected chi connectivity index (χ1v) is 12.1. The molecule has 0 bridgehead atoms. The molecule has 1 unspecified atom stereocenters. The fourth-order valence-electron chi connectivity index (χ4n) is 4.58. The Morgan fingerprint density at radius 3 is 2.23 bits per heavy atom. The number of hydrogen-bond acceptors (Lipinski definition) is 5. The van der Waals surface area contributed by atoms with Crippen molar-refractivity contribution < 1.29 is 29.1 Å². The minimum absolute atomic E-state index is 0.0207. The highest BCUT2D eigenvalue weighted by Gasteiger charge is 2.29. The number of fused-ring (bicyclic) bond motifs is 3. The normalized spacial score (nSPS) is 13.0. The quantitative estimate of drug-likeness (QED) is 0.405. The molecule has 2 amide bonds. The number of nitrogens with one attached hydrogen (secondary N) is 1. The molecule has 0 radical (unpaired) electrons. The van der Waals surface area contributed by atoms with Gasteiger partial charge in [-0.15, -0.1) is 0 Å². The highest BCUT2D eigenvalue weighted by molar-refractivity contribution is 5.79. The van der Waals surface area contributed by atoms with Crippen molar-refractivity contribution in [2.45, 2.75) is 44.9 Å². The lowest BCUT2D eigenvalue weighted by atomic mass is 9.94. The van der Waals surface area contributed by atoms with Crippen molar-refractivity contribution in [3.8, 4) is 11.1 Å². The van der Waals surface area contributed by atoms with Crippen LogP contribution in [0.2, 0.25) is 0 Å². The molecule has 2 N–H and O–H groups in total. The summed E-state index contributed by atoms with van der Waals surface area (Å²) in [5.74, 6) is -1.12. The number of hydroxylamine groups is 2. The maximum Gasteiger partial charge on any atom is 0.407 e. The minimum atomic E-state index is -1.13. The lowest BCUT2D eigenvalue weighted by Crippen LogP contribution is -2.30. The Balaban J connectivity index is 1.43. The second kappa shape index (κ2) is 12.9. The predicted octanol–water partition coefficient (Wildman–Crippen LogP) is 4.59. The zero-order valence-corrected chi connectivity index (χ0v) is 20.4. The van der Waals surface area contributed by atoms with Gasteiger partial charge in [0.25, 0.3) is 0 Å². The topological polar surface area (TPSA) is 105 Å². The maximum atomic E-state index is 12.4. The third kappa shape index (κ3) is 7.29. The fourth-order valence-corrected chi connectivity index (χ4v) is 4.58. The summed E-state index contributed by atoms with van der Waals surface area (Å²) in [6.45, 7) is 2.26. The van der Waals surface area contributed by atoms with E-state index in [1.54, 1.807) is 0 Å². The SMILES string of the molecule is CCCC(CCNC(=O)OCC1c2ccccc2-c2ccccc21)CCC(=O)N(C)OCC(=O)O. The van der Waals surface area contributed by atoms with Crippen molar-refractivity contribution in [1.82, 2.24) is 10.4 Å². The molecule has 35 heavy (non-hydrogen) atoms. The third-order valence-electron chi connectivity index (χ3n) is 6.36. The molecule has 188 valence electrons. The molecule has 3 rings (SSSR count). The van der Waals surface area contributed by atoms with Crippen LogP contribution in [0.1, 0.15) is 56.1 Å². The van der Waals surface area contributed by atoms with E-state index in [0.29, 0.717) is 13.0 Å². The van der Waals surface area contributed by atoms with E-state index < -0.39 is 18.7 Å². The molecule has 0 heterocycles. The predicted molar refractivity (Wildman–Crippen MR) is 132 cm³/mol. The molecule has 1 atom stereocenters. The van der Waals surface area contributed by atoms with Crippen molar-refractivity contribution in [2.75, 3.05) is 26.8 Å². The number of nitrogens with zero attached hydrogens (tertiary/aromatic N) is 1. The summed E-state index contributed by atoms with van der Waals surface area (Å²) in [6.07, 6.45) is 3.07. The maximum absolute atomic E-state index is 12.4. The van der Waals surface area contributed by atoms with Gasteiger partial charge in [0.1, 0.15) is 6.61 Å². The number of carbonyl (C=O) groups is 3. The molecule has 8 heteroatoms. The number of benzene rings is 2. The summed E-state index contributed by atoms with van der Waals surface area (Å²) in [6, 6.07) is 16.4. The zero-order chi connectivity index (χ0) is 25.2. The van der Waals surface area contributed by atoms with Gasteiger partial charge in [-0.2, -0.15) is 0 Å². The highest BCUT2D eigenvalue weighted by Crippen LogP contribution is 2.44. The smallest absolute Gasteiger partial charge is 0.407 e. The van der Waals surface area contributed by atoms with Crippen LogP contribution in [0.25, 0.3) is 11.1 Å². The summed E-state index contributed by atoms with van der Waals surface area (Å²) >= 11 is 0. The molecule has 0 aromatic heterocycles. The van der Waals surface area contributed by atoms with Crippen LogP contribution in [-0.2, 0) is 19.2 Å². The Labute approximate surface area is 206 Å². The average molecular weight is 483 g/mol. The highest BCUT2D eigenvalue weighted by atomic mass is 16.7. The molecule has 0 fully saturated rings. The van der Waals surface area contributed by atoms with Crippen molar-refractivity contribution in [3.63, 3.8) is 0 Å². The number of ether oxygens (including phenoxy) is 1. The van der Waals surface area contributed by atoms with Gasteiger partial charge in [0.15, 0.2) is 6.61 Å². The van der Waals surface area contributed by atoms with Crippen LogP contribution >= 0.6 is 0 Å². The fraction of sp³-hybridized carbons (Fsp3) is 0.444. The lowest BCUT2D eigenvalue weighted by Gasteiger charge is -2.19. The monoisotopic (exact) mass is 482 g/mol. The van der Waals surface area contributed by atoms with Crippen LogP contribution < -0.4 is 5.32 Å². The van der Waals surface area contributed by atoms with E-state index in [1.807, 2.05) is 24.3 Å². The Morgan fingerprint density at radius 2 is 1.63 bits per heavy atom. The van der Waals surface area contributed by atoms with Crippen LogP contribution in [0.5, 0.6) is 0 Å². The van der Waals surface area contributed by atoms with Crippen LogP contribution in [0.4, 0.5) is 4.79 Å². The largest absolute Gasteiger partial charge is 0.479 e. The lowest BCUT2D eigenvalue weighted by molar-refractivity contribution is -0.186. The van der Waals surface area contributed by atoms with Gasteiger partial charge in [0, 0.05) is 25.9 Å². The summed E-state index contributed by atoms with van der Waals surface area (Å²) < 4.78 is 5.58. The molecular formula is C27H34N2O6. The van der Waals surface area contributed by atoms with Gasteiger partial charge in [0.2, 0.25) is 5.91 Å². The summed E-state index contributed by atoms with van der Waals surface area (Å²) in [4.78, 5) is 40.0. The standard InChI is InChI=1S/C27H34N2O6/c1-3-8-19(13-14-25(30)29(2)35-18-26(31)32)15-16-28-27(33)34-17-24-22-11-6-4-9-20(22)21-10-5-7-12-23(21)24/h4-7,9-12,19,24H,3,8,13-18H2,1-2H3,(H,28,33)(H,31,32). The van der Waals surface area contributed by atoms with Crippen LogP contribution in [0.3, 0.4) is 0 Å². The summed E-state index contributed by atoms with van der Waals surface area (Å²) in [5.41, 5.74) is 4.72. The molecule has 0 saturated heterocycles. The Morgan fingerprint density at radius 1 is 1.00 bits per heavy atom. The van der Waals surface area contributed by atoms with Crippen molar-refractivity contribution >= 4 is 18.0 Å². The van der Waals surface area contributed by atoms with E-state index in [4.69, 9.17) is 14.7 Å². The number of carbonyl (C=O) groups excluding carboxylic acids is 2. The third-order valence-corrected chi connectivity index (χ3v) is 6.36. The van der Waals surface area contributed by atoms with Gasteiger partial charge in [-0.1, -0.05) is 68.3 Å². The van der Waals surface area contributed by atoms with Gasteiger partial charge < -0.3 is 15.2 Å². The number of hydrogen-bond donors (Lipinski definition) is 2.